The van der Waals surface area contributed by atoms with E-state index in [1.165, 1.54) is 42.3 Å². The molecule has 0 saturated heterocycles. The van der Waals surface area contributed by atoms with Crippen LogP contribution in [0.5, 0.6) is 0 Å². The van der Waals surface area contributed by atoms with Crippen LogP contribution in [0.2, 0.25) is 0 Å². The Kier molecular flexibility index (Phi) is 5.07. The molecule has 0 bridgehead atoms. The molecular weight excluding hydrogens is 339 g/mol. The lowest BCUT2D eigenvalue weighted by Crippen LogP contribution is -2.15. The highest BCUT2D eigenvalue weighted by atomic mass is 19.1. The minimum atomic E-state index is -0.725. The number of carbonyl (C=O) groups excluding carboxylic acids is 2. The molecule has 0 fully saturated rings. The molecule has 7 heteroatoms. The summed E-state index contributed by atoms with van der Waals surface area (Å²) in [5.41, 5.74) is 1.77. The molecule has 0 spiro atoms. The maximum atomic E-state index is 13.2. The predicted octanol–water partition coefficient (Wildman–Crippen LogP) is 3.01. The maximum Gasteiger partial charge on any atom is 0.344 e. The normalized spacial score (nSPS) is 10.4. The molecule has 0 aliphatic rings. The van der Waals surface area contributed by atoms with Crippen LogP contribution in [0.15, 0.2) is 60.8 Å². The van der Waals surface area contributed by atoms with Gasteiger partial charge in [-0.25, -0.2) is 18.7 Å². The molecule has 0 radical (unpaired) electrons. The standard InChI is InChI=1S/C19H15FN2O4/c1-25-17(23)12-26-19(24)16-11-22(15-5-3-2-4-6-15)21-18(16)13-7-9-14(20)10-8-13/h2-11H,12H2,1H3. The number of methoxy groups -OCH3 is 1. The van der Waals surface area contributed by atoms with Crippen molar-refractivity contribution in [3.63, 3.8) is 0 Å². The molecule has 0 atom stereocenters. The molecule has 3 aromatic rings. The van der Waals surface area contributed by atoms with Crippen LogP contribution in [0.4, 0.5) is 4.39 Å². The Labute approximate surface area is 148 Å². The van der Waals surface area contributed by atoms with Crippen LogP contribution >= 0.6 is 0 Å². The molecule has 0 aliphatic heterocycles. The highest BCUT2D eigenvalue weighted by molar-refractivity contribution is 5.97. The molecule has 2 aromatic carbocycles. The van der Waals surface area contributed by atoms with Gasteiger partial charge in [0.2, 0.25) is 0 Å². The Hall–Kier alpha value is -3.48. The van der Waals surface area contributed by atoms with Crippen LogP contribution in [-0.2, 0) is 14.3 Å². The molecule has 132 valence electrons. The first-order valence-corrected chi connectivity index (χ1v) is 7.73. The summed E-state index contributed by atoms with van der Waals surface area (Å²) in [5, 5.41) is 4.43. The van der Waals surface area contributed by atoms with Crippen LogP contribution in [0.25, 0.3) is 16.9 Å². The van der Waals surface area contributed by atoms with Crippen molar-refractivity contribution in [3.8, 4) is 16.9 Å². The van der Waals surface area contributed by atoms with Gasteiger partial charge in [-0.15, -0.1) is 0 Å². The first kappa shape index (κ1) is 17.3. The topological polar surface area (TPSA) is 70.4 Å². The molecule has 26 heavy (non-hydrogen) atoms. The van der Waals surface area contributed by atoms with E-state index in [1.54, 1.807) is 0 Å². The zero-order chi connectivity index (χ0) is 18.5. The third-order valence-electron chi connectivity index (χ3n) is 3.62. The van der Waals surface area contributed by atoms with E-state index in [0.717, 1.165) is 5.69 Å². The number of nitrogens with zero attached hydrogens (tertiary/aromatic N) is 2. The quantitative estimate of drug-likeness (QED) is 0.659. The molecule has 0 amide bonds. The maximum absolute atomic E-state index is 13.2. The van der Waals surface area contributed by atoms with Crippen LogP contribution in [0, 0.1) is 5.82 Å². The number of hydrogen-bond acceptors (Lipinski definition) is 5. The zero-order valence-electron chi connectivity index (χ0n) is 13.9. The Bertz CT molecular complexity index is 920. The fourth-order valence-corrected chi connectivity index (χ4v) is 2.32. The number of aromatic nitrogens is 2. The van der Waals surface area contributed by atoms with Crippen LogP contribution < -0.4 is 0 Å². The number of ether oxygens (including phenoxy) is 2. The summed E-state index contributed by atoms with van der Waals surface area (Å²) in [6, 6.07) is 14.8. The predicted molar refractivity (Wildman–Crippen MR) is 91.3 cm³/mol. The number of esters is 2. The van der Waals surface area contributed by atoms with Gasteiger partial charge < -0.3 is 9.47 Å². The molecule has 0 saturated carbocycles. The molecule has 1 aromatic heterocycles. The minimum Gasteiger partial charge on any atom is -0.466 e. The number of halogens is 1. The molecule has 0 unspecified atom stereocenters. The fourth-order valence-electron chi connectivity index (χ4n) is 2.32. The summed E-state index contributed by atoms with van der Waals surface area (Å²) < 4.78 is 24.2. The summed E-state index contributed by atoms with van der Waals surface area (Å²) >= 11 is 0. The molecule has 3 rings (SSSR count). The van der Waals surface area contributed by atoms with E-state index in [2.05, 4.69) is 9.84 Å². The number of benzene rings is 2. The van der Waals surface area contributed by atoms with E-state index in [1.807, 2.05) is 30.3 Å². The summed E-state index contributed by atoms with van der Waals surface area (Å²) in [6.07, 6.45) is 1.51. The van der Waals surface area contributed by atoms with Gasteiger partial charge in [-0.1, -0.05) is 18.2 Å². The molecule has 0 N–H and O–H groups in total. The second-order valence-electron chi connectivity index (χ2n) is 5.33. The molecule has 1 heterocycles. The summed E-state index contributed by atoms with van der Waals surface area (Å²) in [4.78, 5) is 23.6. The van der Waals surface area contributed by atoms with Gasteiger partial charge in [0.15, 0.2) is 6.61 Å². The van der Waals surface area contributed by atoms with Crippen molar-refractivity contribution < 1.29 is 23.5 Å². The molecular formula is C19H15FN2O4. The summed E-state index contributed by atoms with van der Waals surface area (Å²) in [5.74, 6) is -1.79. The Morgan fingerprint density at radius 2 is 1.77 bits per heavy atom. The van der Waals surface area contributed by atoms with E-state index in [4.69, 9.17) is 4.74 Å². The average molecular weight is 354 g/mol. The Morgan fingerprint density at radius 3 is 2.42 bits per heavy atom. The van der Waals surface area contributed by atoms with Gasteiger partial charge in [-0.2, -0.15) is 5.10 Å². The third-order valence-corrected chi connectivity index (χ3v) is 3.62. The second-order valence-corrected chi connectivity index (χ2v) is 5.33. The van der Waals surface area contributed by atoms with E-state index >= 15 is 0 Å². The van der Waals surface area contributed by atoms with Gasteiger partial charge in [0.1, 0.15) is 17.1 Å². The van der Waals surface area contributed by atoms with Crippen molar-refractivity contribution in [2.75, 3.05) is 13.7 Å². The van der Waals surface area contributed by atoms with Gasteiger partial charge in [0.05, 0.1) is 12.8 Å². The minimum absolute atomic E-state index is 0.157. The lowest BCUT2D eigenvalue weighted by molar-refractivity contribution is -0.144. The van der Waals surface area contributed by atoms with Crippen molar-refractivity contribution in [2.24, 2.45) is 0 Å². The van der Waals surface area contributed by atoms with E-state index in [-0.39, 0.29) is 5.56 Å². The lowest BCUT2D eigenvalue weighted by atomic mass is 10.1. The first-order chi connectivity index (χ1) is 12.6. The van der Waals surface area contributed by atoms with Crippen molar-refractivity contribution in [1.29, 1.82) is 0 Å². The largest absolute Gasteiger partial charge is 0.466 e. The van der Waals surface area contributed by atoms with Crippen LogP contribution in [0.1, 0.15) is 10.4 Å². The fraction of sp³-hybridized carbons (Fsp3) is 0.105. The summed E-state index contributed by atoms with van der Waals surface area (Å²) in [7, 11) is 1.20. The van der Waals surface area contributed by atoms with Gasteiger partial charge in [-0.05, 0) is 36.4 Å². The number of rotatable bonds is 5. The van der Waals surface area contributed by atoms with Crippen LogP contribution in [0.3, 0.4) is 0 Å². The highest BCUT2D eigenvalue weighted by Gasteiger charge is 2.21. The van der Waals surface area contributed by atoms with E-state index < -0.39 is 24.4 Å². The zero-order valence-corrected chi connectivity index (χ0v) is 13.9. The van der Waals surface area contributed by atoms with Gasteiger partial charge >= 0.3 is 11.9 Å². The van der Waals surface area contributed by atoms with E-state index in [0.29, 0.717) is 11.3 Å². The van der Waals surface area contributed by atoms with Crippen molar-refractivity contribution in [2.45, 2.75) is 0 Å². The highest BCUT2D eigenvalue weighted by Crippen LogP contribution is 2.24. The Morgan fingerprint density at radius 1 is 1.08 bits per heavy atom. The molecule has 6 nitrogen and oxygen atoms in total. The average Bonchev–Trinajstić information content (AvgIpc) is 3.12. The van der Waals surface area contributed by atoms with Crippen molar-refractivity contribution in [3.05, 3.63) is 72.2 Å². The smallest absolute Gasteiger partial charge is 0.344 e. The van der Waals surface area contributed by atoms with Crippen molar-refractivity contribution in [1.82, 2.24) is 9.78 Å². The van der Waals surface area contributed by atoms with Gasteiger partial charge in [0.25, 0.3) is 0 Å². The monoisotopic (exact) mass is 354 g/mol. The second kappa shape index (κ2) is 7.60. The van der Waals surface area contributed by atoms with Crippen molar-refractivity contribution >= 4 is 11.9 Å². The number of para-hydroxylation sites is 1. The summed E-state index contributed by atoms with van der Waals surface area (Å²) in [6.45, 7) is -0.505. The van der Waals surface area contributed by atoms with Gasteiger partial charge in [-0.3, -0.25) is 0 Å². The molecule has 0 aliphatic carbocycles. The van der Waals surface area contributed by atoms with Gasteiger partial charge in [0, 0.05) is 11.8 Å². The Balaban J connectivity index is 2.00. The third kappa shape index (κ3) is 3.77. The van der Waals surface area contributed by atoms with E-state index in [9.17, 15) is 14.0 Å². The lowest BCUT2D eigenvalue weighted by Gasteiger charge is -2.03. The van der Waals surface area contributed by atoms with Crippen LogP contribution in [-0.4, -0.2) is 35.4 Å². The SMILES string of the molecule is COC(=O)COC(=O)c1cn(-c2ccccc2)nc1-c1ccc(F)cc1. The number of hydrogen-bond donors (Lipinski definition) is 0. The first-order valence-electron chi connectivity index (χ1n) is 7.73. The number of carbonyl (C=O) groups is 2.